The van der Waals surface area contributed by atoms with Gasteiger partial charge in [0.1, 0.15) is 6.04 Å². The van der Waals surface area contributed by atoms with Crippen LogP contribution in [0.15, 0.2) is 54.6 Å². The molecule has 0 saturated carbocycles. The van der Waals surface area contributed by atoms with Gasteiger partial charge in [0, 0.05) is 10.7 Å². The zero-order valence-corrected chi connectivity index (χ0v) is 13.8. The largest absolute Gasteiger partial charge is 0.480 e. The molecule has 2 aromatic carbocycles. The molecule has 0 aromatic heterocycles. The Balaban J connectivity index is 1.82. The van der Waals surface area contributed by atoms with E-state index in [0.29, 0.717) is 23.7 Å². The average molecular weight is 347 g/mol. The molecule has 2 rings (SSSR count). The van der Waals surface area contributed by atoms with E-state index in [0.717, 1.165) is 5.56 Å². The minimum atomic E-state index is -1.05. The lowest BCUT2D eigenvalue weighted by Crippen LogP contribution is -2.40. The smallest absolute Gasteiger partial charge is 0.321 e. The van der Waals surface area contributed by atoms with Crippen LogP contribution < -0.4 is 10.6 Å². The second-order valence-corrected chi connectivity index (χ2v) is 5.78. The van der Waals surface area contributed by atoms with Gasteiger partial charge in [-0.25, -0.2) is 0 Å². The molecule has 0 bridgehead atoms. The quantitative estimate of drug-likeness (QED) is 0.686. The fourth-order valence-electron chi connectivity index (χ4n) is 2.21. The molecule has 6 heteroatoms. The number of carbonyl (C=O) groups excluding carboxylic acids is 1. The minimum Gasteiger partial charge on any atom is -0.480 e. The lowest BCUT2D eigenvalue weighted by Gasteiger charge is -2.14. The van der Waals surface area contributed by atoms with Crippen molar-refractivity contribution in [3.63, 3.8) is 0 Å². The molecule has 0 spiro atoms. The van der Waals surface area contributed by atoms with E-state index in [1.54, 1.807) is 24.3 Å². The first kappa shape index (κ1) is 18.0. The van der Waals surface area contributed by atoms with Crippen molar-refractivity contribution in [2.75, 3.05) is 11.9 Å². The van der Waals surface area contributed by atoms with Gasteiger partial charge < -0.3 is 15.7 Å². The molecule has 1 amide bonds. The molecule has 2 aromatic rings. The molecular formula is C18H19ClN2O3. The molecule has 0 unspecified atom stereocenters. The Bertz CT molecular complexity index is 674. The second kappa shape index (κ2) is 9.05. The van der Waals surface area contributed by atoms with Gasteiger partial charge in [-0.2, -0.15) is 0 Å². The van der Waals surface area contributed by atoms with Crippen molar-refractivity contribution in [1.29, 1.82) is 0 Å². The molecule has 0 aliphatic heterocycles. The van der Waals surface area contributed by atoms with E-state index in [-0.39, 0.29) is 12.3 Å². The fraction of sp³-hybridized carbons (Fsp3) is 0.222. The number of carboxylic acids is 1. The maximum atomic E-state index is 12.0. The lowest BCUT2D eigenvalue weighted by atomic mass is 10.1. The Hall–Kier alpha value is -2.37. The normalized spacial score (nSPS) is 11.7. The minimum absolute atomic E-state index is 0.146. The van der Waals surface area contributed by atoms with Gasteiger partial charge in [-0.05, 0) is 42.8 Å². The van der Waals surface area contributed by atoms with E-state index in [4.69, 9.17) is 11.6 Å². The van der Waals surface area contributed by atoms with Gasteiger partial charge in [0.25, 0.3) is 0 Å². The molecule has 0 aliphatic rings. The summed E-state index contributed by atoms with van der Waals surface area (Å²) in [5, 5.41) is 15.4. The molecule has 0 aliphatic carbocycles. The SMILES string of the molecule is O=C(C[C@@H](NCCc1ccccc1)C(=O)O)Nc1ccc(Cl)cc1. The molecule has 0 saturated heterocycles. The van der Waals surface area contributed by atoms with Crippen LogP contribution in [0.4, 0.5) is 5.69 Å². The van der Waals surface area contributed by atoms with Crippen LogP contribution in [0.25, 0.3) is 0 Å². The Morgan fingerprint density at radius 2 is 1.71 bits per heavy atom. The number of halogens is 1. The summed E-state index contributed by atoms with van der Waals surface area (Å²) in [6.07, 6.45) is 0.552. The maximum absolute atomic E-state index is 12.0. The van der Waals surface area contributed by atoms with E-state index in [1.165, 1.54) is 0 Å². The summed E-state index contributed by atoms with van der Waals surface area (Å²) in [5.41, 5.74) is 1.69. The van der Waals surface area contributed by atoms with Crippen molar-refractivity contribution in [2.45, 2.75) is 18.9 Å². The first-order chi connectivity index (χ1) is 11.5. The van der Waals surface area contributed by atoms with Crippen LogP contribution in [0.1, 0.15) is 12.0 Å². The van der Waals surface area contributed by atoms with Crippen LogP contribution in [-0.4, -0.2) is 29.6 Å². The number of benzene rings is 2. The molecule has 5 nitrogen and oxygen atoms in total. The molecule has 1 atom stereocenters. The number of hydrogen-bond acceptors (Lipinski definition) is 3. The van der Waals surface area contributed by atoms with Gasteiger partial charge >= 0.3 is 5.97 Å². The fourth-order valence-corrected chi connectivity index (χ4v) is 2.34. The molecule has 0 fully saturated rings. The predicted molar refractivity (Wildman–Crippen MR) is 94.3 cm³/mol. The van der Waals surface area contributed by atoms with Crippen molar-refractivity contribution >= 4 is 29.2 Å². The number of anilines is 1. The number of rotatable bonds is 8. The number of aliphatic carboxylic acids is 1. The maximum Gasteiger partial charge on any atom is 0.321 e. The number of nitrogens with one attached hydrogen (secondary N) is 2. The second-order valence-electron chi connectivity index (χ2n) is 5.34. The monoisotopic (exact) mass is 346 g/mol. The van der Waals surface area contributed by atoms with Crippen LogP contribution in [0.2, 0.25) is 5.02 Å². The summed E-state index contributed by atoms with van der Waals surface area (Å²) in [4.78, 5) is 23.3. The van der Waals surface area contributed by atoms with Gasteiger partial charge in [-0.3, -0.25) is 9.59 Å². The van der Waals surface area contributed by atoms with Crippen LogP contribution >= 0.6 is 11.6 Å². The van der Waals surface area contributed by atoms with Crippen molar-refractivity contribution in [3.05, 3.63) is 65.2 Å². The van der Waals surface area contributed by atoms with Gasteiger partial charge in [-0.1, -0.05) is 41.9 Å². The Kier molecular flexibility index (Phi) is 6.78. The van der Waals surface area contributed by atoms with E-state index >= 15 is 0 Å². The van der Waals surface area contributed by atoms with E-state index in [1.807, 2.05) is 30.3 Å². The van der Waals surface area contributed by atoms with Crippen molar-refractivity contribution in [3.8, 4) is 0 Å². The average Bonchev–Trinajstić information content (AvgIpc) is 2.57. The topological polar surface area (TPSA) is 78.4 Å². The third kappa shape index (κ3) is 6.02. The number of amides is 1. The molecule has 126 valence electrons. The molecule has 24 heavy (non-hydrogen) atoms. The van der Waals surface area contributed by atoms with Crippen molar-refractivity contribution in [2.24, 2.45) is 0 Å². The highest BCUT2D eigenvalue weighted by Gasteiger charge is 2.20. The van der Waals surface area contributed by atoms with Crippen LogP contribution in [-0.2, 0) is 16.0 Å². The Morgan fingerprint density at radius 1 is 1.04 bits per heavy atom. The van der Waals surface area contributed by atoms with Gasteiger partial charge in [-0.15, -0.1) is 0 Å². The highest BCUT2D eigenvalue weighted by molar-refractivity contribution is 6.30. The third-order valence-corrected chi connectivity index (χ3v) is 3.71. The predicted octanol–water partition coefficient (Wildman–Crippen LogP) is 2.95. The first-order valence-electron chi connectivity index (χ1n) is 7.60. The summed E-state index contributed by atoms with van der Waals surface area (Å²) < 4.78 is 0. The zero-order chi connectivity index (χ0) is 17.4. The van der Waals surface area contributed by atoms with Crippen molar-refractivity contribution in [1.82, 2.24) is 5.32 Å². The molecule has 0 heterocycles. The number of carboxylic acid groups (broad SMARTS) is 1. The highest BCUT2D eigenvalue weighted by atomic mass is 35.5. The summed E-state index contributed by atoms with van der Waals surface area (Å²) in [6.45, 7) is 0.481. The Labute approximate surface area is 145 Å². The molecular weight excluding hydrogens is 328 g/mol. The highest BCUT2D eigenvalue weighted by Crippen LogP contribution is 2.13. The van der Waals surface area contributed by atoms with E-state index < -0.39 is 12.0 Å². The number of hydrogen-bond donors (Lipinski definition) is 3. The zero-order valence-electron chi connectivity index (χ0n) is 13.0. The molecule has 3 N–H and O–H groups in total. The van der Waals surface area contributed by atoms with Crippen LogP contribution in [0, 0.1) is 0 Å². The van der Waals surface area contributed by atoms with Crippen LogP contribution in [0.3, 0.4) is 0 Å². The Morgan fingerprint density at radius 3 is 2.33 bits per heavy atom. The van der Waals surface area contributed by atoms with Crippen LogP contribution in [0.5, 0.6) is 0 Å². The van der Waals surface area contributed by atoms with Gasteiger partial charge in [0.2, 0.25) is 5.91 Å². The summed E-state index contributed by atoms with van der Waals surface area (Å²) in [5.74, 6) is -1.41. The standard InChI is InChI=1S/C18H19ClN2O3/c19-14-6-8-15(9-7-14)21-17(22)12-16(18(23)24)20-11-10-13-4-2-1-3-5-13/h1-9,16,20H,10-12H2,(H,21,22)(H,23,24)/t16-/m1/s1. The van der Waals surface area contributed by atoms with E-state index in [2.05, 4.69) is 10.6 Å². The summed E-state index contributed by atoms with van der Waals surface area (Å²) in [6, 6.07) is 15.5. The summed E-state index contributed by atoms with van der Waals surface area (Å²) >= 11 is 5.78. The lowest BCUT2D eigenvalue weighted by molar-refractivity contribution is -0.141. The van der Waals surface area contributed by atoms with Gasteiger partial charge in [0.05, 0.1) is 6.42 Å². The van der Waals surface area contributed by atoms with Crippen molar-refractivity contribution < 1.29 is 14.7 Å². The van der Waals surface area contributed by atoms with Gasteiger partial charge in [0.15, 0.2) is 0 Å². The summed E-state index contributed by atoms with van der Waals surface area (Å²) in [7, 11) is 0. The number of carbonyl (C=O) groups is 2. The van der Waals surface area contributed by atoms with E-state index in [9.17, 15) is 14.7 Å². The third-order valence-electron chi connectivity index (χ3n) is 3.46. The molecule has 0 radical (unpaired) electrons. The first-order valence-corrected chi connectivity index (χ1v) is 7.98.